The van der Waals surface area contributed by atoms with E-state index in [0.717, 1.165) is 44.5 Å². The van der Waals surface area contributed by atoms with Crippen molar-refractivity contribution >= 4 is 29.9 Å². The summed E-state index contributed by atoms with van der Waals surface area (Å²) in [5.74, 6) is 1.93. The third kappa shape index (κ3) is 4.99. The third-order valence-corrected chi connectivity index (χ3v) is 3.29. The molecule has 2 aliphatic rings. The summed E-state index contributed by atoms with van der Waals surface area (Å²) in [5, 5.41) is 12.8. The fraction of sp³-hybridized carbons (Fsp3) is 0.917. The zero-order chi connectivity index (χ0) is 11.4. The average Bonchev–Trinajstić information content (AvgIpc) is 2.99. The lowest BCUT2D eigenvalue weighted by Crippen LogP contribution is -2.40. The topological polar surface area (TPSA) is 47.9 Å². The van der Waals surface area contributed by atoms with E-state index in [4.69, 9.17) is 0 Å². The van der Waals surface area contributed by atoms with E-state index >= 15 is 0 Å². The Kier molecular flexibility index (Phi) is 6.54. The van der Waals surface area contributed by atoms with Gasteiger partial charge in [-0.3, -0.25) is 4.99 Å². The molecular weight excluding hydrogens is 329 g/mol. The minimum absolute atomic E-state index is 0. The van der Waals surface area contributed by atoms with Crippen molar-refractivity contribution in [3.8, 4) is 0 Å². The highest BCUT2D eigenvalue weighted by molar-refractivity contribution is 14.0. The number of guanidine groups is 1. The van der Waals surface area contributed by atoms with Gasteiger partial charge in [0.2, 0.25) is 0 Å². The molecule has 0 unspecified atom stereocenters. The molecule has 0 bridgehead atoms. The van der Waals surface area contributed by atoms with E-state index in [2.05, 4.69) is 22.1 Å². The number of β-amino-alcohol motifs (C(OH)–C–C–N with tert-alkyl or cyclic N) is 1. The first kappa shape index (κ1) is 15.0. The van der Waals surface area contributed by atoms with Crippen molar-refractivity contribution in [3.63, 3.8) is 0 Å². The average molecular weight is 353 g/mol. The molecule has 1 saturated carbocycles. The number of halogens is 1. The number of aliphatic hydroxyl groups is 1. The first-order valence-corrected chi connectivity index (χ1v) is 6.51. The summed E-state index contributed by atoms with van der Waals surface area (Å²) >= 11 is 0. The third-order valence-electron chi connectivity index (χ3n) is 3.29. The van der Waals surface area contributed by atoms with E-state index in [9.17, 15) is 5.11 Å². The molecule has 17 heavy (non-hydrogen) atoms. The number of aliphatic hydroxyl groups excluding tert-OH is 1. The van der Waals surface area contributed by atoms with Gasteiger partial charge >= 0.3 is 0 Å². The second-order valence-corrected chi connectivity index (χ2v) is 4.86. The van der Waals surface area contributed by atoms with Crippen molar-refractivity contribution < 1.29 is 5.11 Å². The Morgan fingerprint density at radius 2 is 2.18 bits per heavy atom. The molecule has 1 aliphatic carbocycles. The second kappa shape index (κ2) is 7.41. The molecule has 2 rings (SSSR count). The Hall–Kier alpha value is -0.0400. The van der Waals surface area contributed by atoms with Crippen molar-refractivity contribution in [2.75, 3.05) is 26.2 Å². The summed E-state index contributed by atoms with van der Waals surface area (Å²) in [6.07, 6.45) is 4.72. The largest absolute Gasteiger partial charge is 0.391 e. The molecule has 1 heterocycles. The van der Waals surface area contributed by atoms with Gasteiger partial charge in [0.1, 0.15) is 0 Å². The number of likely N-dealkylation sites (tertiary alicyclic amines) is 1. The van der Waals surface area contributed by atoms with Crippen molar-refractivity contribution in [3.05, 3.63) is 0 Å². The molecule has 1 aliphatic heterocycles. The molecular formula is C12H24IN3O. The summed E-state index contributed by atoms with van der Waals surface area (Å²) in [6.45, 7) is 5.57. The van der Waals surface area contributed by atoms with E-state index in [-0.39, 0.29) is 30.1 Å². The predicted molar refractivity (Wildman–Crippen MR) is 80.9 cm³/mol. The van der Waals surface area contributed by atoms with Crippen LogP contribution in [0.4, 0.5) is 0 Å². The smallest absolute Gasteiger partial charge is 0.194 e. The summed E-state index contributed by atoms with van der Waals surface area (Å²) in [7, 11) is 0. The molecule has 1 saturated heterocycles. The van der Waals surface area contributed by atoms with Crippen molar-refractivity contribution in [1.82, 2.24) is 10.2 Å². The van der Waals surface area contributed by atoms with Crippen LogP contribution >= 0.6 is 24.0 Å². The van der Waals surface area contributed by atoms with E-state index in [0.29, 0.717) is 0 Å². The SMILES string of the molecule is CCNC(=NCCC1CC1)N1CC[C@@H](O)C1.I. The van der Waals surface area contributed by atoms with Crippen LogP contribution in [-0.2, 0) is 0 Å². The second-order valence-electron chi connectivity index (χ2n) is 4.86. The minimum Gasteiger partial charge on any atom is -0.391 e. The van der Waals surface area contributed by atoms with Crippen LogP contribution in [0, 0.1) is 5.92 Å². The van der Waals surface area contributed by atoms with Gasteiger partial charge in [-0.15, -0.1) is 24.0 Å². The molecule has 0 aromatic rings. The number of aliphatic imine (C=N–C) groups is 1. The monoisotopic (exact) mass is 353 g/mol. The molecule has 2 fully saturated rings. The van der Waals surface area contributed by atoms with Gasteiger partial charge < -0.3 is 15.3 Å². The maximum atomic E-state index is 9.52. The first-order valence-electron chi connectivity index (χ1n) is 6.51. The lowest BCUT2D eigenvalue weighted by molar-refractivity contribution is 0.188. The van der Waals surface area contributed by atoms with Crippen LogP contribution in [0.25, 0.3) is 0 Å². The maximum absolute atomic E-state index is 9.52. The first-order chi connectivity index (χ1) is 7.79. The Bertz CT molecular complexity index is 256. The van der Waals surface area contributed by atoms with Gasteiger partial charge in [-0.2, -0.15) is 0 Å². The van der Waals surface area contributed by atoms with Gasteiger partial charge in [-0.05, 0) is 25.7 Å². The molecule has 2 N–H and O–H groups in total. The van der Waals surface area contributed by atoms with Crippen LogP contribution in [0.3, 0.4) is 0 Å². The van der Waals surface area contributed by atoms with Gasteiger partial charge in [0.25, 0.3) is 0 Å². The van der Waals surface area contributed by atoms with Gasteiger partial charge in [0.15, 0.2) is 5.96 Å². The molecule has 4 nitrogen and oxygen atoms in total. The highest BCUT2D eigenvalue weighted by atomic mass is 127. The van der Waals surface area contributed by atoms with E-state index in [1.807, 2.05) is 0 Å². The standard InChI is InChI=1S/C12H23N3O.HI/c1-2-13-12(14-7-5-10-3-4-10)15-8-6-11(16)9-15;/h10-11,16H,2-9H2,1H3,(H,13,14);1H/t11-;/m1./s1. The van der Waals surface area contributed by atoms with E-state index in [1.54, 1.807) is 0 Å². The molecule has 0 aromatic heterocycles. The van der Waals surface area contributed by atoms with Gasteiger partial charge in [-0.1, -0.05) is 12.8 Å². The van der Waals surface area contributed by atoms with Gasteiger partial charge in [0.05, 0.1) is 6.10 Å². The zero-order valence-corrected chi connectivity index (χ0v) is 12.9. The predicted octanol–water partition coefficient (Wildman–Crippen LogP) is 1.44. The van der Waals surface area contributed by atoms with Crippen LogP contribution in [0.5, 0.6) is 0 Å². The van der Waals surface area contributed by atoms with E-state index in [1.165, 1.54) is 19.3 Å². The van der Waals surface area contributed by atoms with Crippen LogP contribution in [-0.4, -0.2) is 48.2 Å². The summed E-state index contributed by atoms with van der Waals surface area (Å²) in [5.41, 5.74) is 0. The molecule has 0 amide bonds. The van der Waals surface area contributed by atoms with E-state index < -0.39 is 0 Å². The Labute approximate surface area is 121 Å². The normalized spacial score (nSPS) is 24.7. The highest BCUT2D eigenvalue weighted by Gasteiger charge is 2.23. The highest BCUT2D eigenvalue weighted by Crippen LogP contribution is 2.32. The molecule has 1 atom stereocenters. The molecule has 100 valence electrons. The Morgan fingerprint density at radius 3 is 2.71 bits per heavy atom. The summed E-state index contributed by atoms with van der Waals surface area (Å²) < 4.78 is 0. The quantitative estimate of drug-likeness (QED) is 0.457. The Balaban J connectivity index is 0.00000144. The van der Waals surface area contributed by atoms with Gasteiger partial charge in [0, 0.05) is 26.2 Å². The fourth-order valence-electron chi connectivity index (χ4n) is 2.12. The van der Waals surface area contributed by atoms with Crippen molar-refractivity contribution in [1.29, 1.82) is 0 Å². The van der Waals surface area contributed by atoms with Crippen LogP contribution in [0.1, 0.15) is 32.6 Å². The number of hydrogen-bond acceptors (Lipinski definition) is 2. The number of nitrogens with one attached hydrogen (secondary N) is 1. The van der Waals surface area contributed by atoms with Crippen molar-refractivity contribution in [2.24, 2.45) is 10.9 Å². The number of nitrogens with zero attached hydrogens (tertiary/aromatic N) is 2. The summed E-state index contributed by atoms with van der Waals surface area (Å²) in [4.78, 5) is 6.80. The zero-order valence-electron chi connectivity index (χ0n) is 10.6. The maximum Gasteiger partial charge on any atom is 0.194 e. The molecule has 0 aromatic carbocycles. The lowest BCUT2D eigenvalue weighted by Gasteiger charge is -2.20. The Morgan fingerprint density at radius 1 is 1.41 bits per heavy atom. The summed E-state index contributed by atoms with van der Waals surface area (Å²) in [6, 6.07) is 0. The lowest BCUT2D eigenvalue weighted by atomic mass is 10.3. The van der Waals surface area contributed by atoms with Crippen molar-refractivity contribution in [2.45, 2.75) is 38.7 Å². The molecule has 5 heteroatoms. The molecule has 0 radical (unpaired) electrons. The minimum atomic E-state index is -0.174. The number of rotatable bonds is 4. The molecule has 0 spiro atoms. The van der Waals surface area contributed by atoms with Crippen LogP contribution < -0.4 is 5.32 Å². The fourth-order valence-corrected chi connectivity index (χ4v) is 2.12. The number of hydrogen-bond donors (Lipinski definition) is 2. The van der Waals surface area contributed by atoms with Crippen LogP contribution in [0.15, 0.2) is 4.99 Å². The van der Waals surface area contributed by atoms with Gasteiger partial charge in [-0.25, -0.2) is 0 Å². The van der Waals surface area contributed by atoms with Crippen LogP contribution in [0.2, 0.25) is 0 Å².